The van der Waals surface area contributed by atoms with E-state index in [9.17, 15) is 0 Å². The predicted molar refractivity (Wildman–Crippen MR) is 89.7 cm³/mol. The van der Waals surface area contributed by atoms with Crippen LogP contribution in [0, 0.1) is 5.92 Å². The van der Waals surface area contributed by atoms with E-state index in [4.69, 9.17) is 0 Å². The van der Waals surface area contributed by atoms with Crippen LogP contribution in [0.1, 0.15) is 45.2 Å². The summed E-state index contributed by atoms with van der Waals surface area (Å²) in [4.78, 5) is 2.82. The van der Waals surface area contributed by atoms with Crippen LogP contribution >= 0.6 is 0 Å². The van der Waals surface area contributed by atoms with E-state index >= 15 is 0 Å². The molecule has 1 aromatic rings. The molecule has 116 valence electrons. The Labute approximate surface area is 129 Å². The number of piperazine rings is 1. The largest absolute Gasteiger partial charge is 0.309 e. The average Bonchev–Trinajstić information content (AvgIpc) is 2.90. The molecule has 2 atom stereocenters. The minimum Gasteiger partial charge on any atom is -0.309 e. The molecule has 0 amide bonds. The van der Waals surface area contributed by atoms with Gasteiger partial charge < -0.3 is 5.32 Å². The Morgan fingerprint density at radius 3 is 2.38 bits per heavy atom. The second-order valence-electron chi connectivity index (χ2n) is 7.61. The van der Waals surface area contributed by atoms with Gasteiger partial charge in [-0.1, -0.05) is 45.0 Å². The zero-order valence-corrected chi connectivity index (χ0v) is 14.0. The molecule has 0 spiro atoms. The van der Waals surface area contributed by atoms with E-state index < -0.39 is 0 Å². The summed E-state index contributed by atoms with van der Waals surface area (Å²) in [6.45, 7) is 11.8. The van der Waals surface area contributed by atoms with Gasteiger partial charge in [0.25, 0.3) is 0 Å². The van der Waals surface area contributed by atoms with Crippen LogP contribution in [0.25, 0.3) is 0 Å². The van der Waals surface area contributed by atoms with Crippen molar-refractivity contribution in [3.63, 3.8) is 0 Å². The second kappa shape index (κ2) is 5.73. The fraction of sp³-hybridized carbons (Fsp3) is 0.684. The van der Waals surface area contributed by atoms with Crippen LogP contribution in [-0.2, 0) is 12.8 Å². The van der Waals surface area contributed by atoms with E-state index in [0.717, 1.165) is 6.54 Å². The van der Waals surface area contributed by atoms with Crippen LogP contribution in [0.2, 0.25) is 0 Å². The van der Waals surface area contributed by atoms with Gasteiger partial charge in [0.2, 0.25) is 0 Å². The van der Waals surface area contributed by atoms with E-state index in [-0.39, 0.29) is 5.54 Å². The Morgan fingerprint density at radius 1 is 1.24 bits per heavy atom. The molecule has 1 fully saturated rings. The van der Waals surface area contributed by atoms with E-state index in [1.807, 2.05) is 0 Å². The Kier molecular flexibility index (Phi) is 4.11. The molecule has 1 saturated heterocycles. The Morgan fingerprint density at radius 2 is 1.86 bits per heavy atom. The van der Waals surface area contributed by atoms with Crippen molar-refractivity contribution in [3.05, 3.63) is 35.4 Å². The SMILES string of the molecule is CCC1(C)CN(C2Cc3ccccc3C2)C(C(C)C)CN1. The number of nitrogens with zero attached hydrogens (tertiary/aromatic N) is 1. The van der Waals surface area contributed by atoms with Crippen molar-refractivity contribution >= 4 is 0 Å². The van der Waals surface area contributed by atoms with Crippen LogP contribution in [0.5, 0.6) is 0 Å². The highest BCUT2D eigenvalue weighted by atomic mass is 15.3. The van der Waals surface area contributed by atoms with Gasteiger partial charge in [0.05, 0.1) is 0 Å². The summed E-state index contributed by atoms with van der Waals surface area (Å²) >= 11 is 0. The standard InChI is InChI=1S/C19H30N2/c1-5-19(4)13-21(18(12-20-19)14(2)3)17-10-15-8-6-7-9-16(15)11-17/h6-9,14,17-18,20H,5,10-13H2,1-4H3. The molecule has 1 aromatic carbocycles. The molecule has 0 saturated carbocycles. The molecule has 2 heteroatoms. The summed E-state index contributed by atoms with van der Waals surface area (Å²) in [6, 6.07) is 10.4. The zero-order chi connectivity index (χ0) is 15.0. The van der Waals surface area contributed by atoms with Gasteiger partial charge in [-0.05, 0) is 43.2 Å². The Bertz CT molecular complexity index is 471. The maximum Gasteiger partial charge on any atom is 0.0278 e. The van der Waals surface area contributed by atoms with Gasteiger partial charge in [-0.2, -0.15) is 0 Å². The minimum atomic E-state index is 0.278. The van der Waals surface area contributed by atoms with Crippen molar-refractivity contribution in [1.82, 2.24) is 10.2 Å². The van der Waals surface area contributed by atoms with Gasteiger partial charge >= 0.3 is 0 Å². The number of benzene rings is 1. The highest BCUT2D eigenvalue weighted by Gasteiger charge is 2.40. The number of hydrogen-bond donors (Lipinski definition) is 1. The molecule has 0 aromatic heterocycles. The first kappa shape index (κ1) is 15.1. The van der Waals surface area contributed by atoms with Crippen molar-refractivity contribution < 1.29 is 0 Å². The van der Waals surface area contributed by atoms with Gasteiger partial charge in [-0.25, -0.2) is 0 Å². The van der Waals surface area contributed by atoms with Gasteiger partial charge in [0.15, 0.2) is 0 Å². The first-order chi connectivity index (χ1) is 10.0. The van der Waals surface area contributed by atoms with Crippen molar-refractivity contribution in [2.45, 2.75) is 64.6 Å². The third-order valence-electron chi connectivity index (χ3n) is 5.74. The molecule has 3 rings (SSSR count). The first-order valence-electron chi connectivity index (χ1n) is 8.60. The van der Waals surface area contributed by atoms with Gasteiger partial charge in [0, 0.05) is 30.7 Å². The highest BCUT2D eigenvalue weighted by molar-refractivity contribution is 5.33. The first-order valence-corrected chi connectivity index (χ1v) is 8.60. The van der Waals surface area contributed by atoms with Crippen molar-refractivity contribution in [3.8, 4) is 0 Å². The molecule has 2 nitrogen and oxygen atoms in total. The predicted octanol–water partition coefficient (Wildman–Crippen LogP) is 3.25. The summed E-state index contributed by atoms with van der Waals surface area (Å²) in [6.07, 6.45) is 3.67. The van der Waals surface area contributed by atoms with Crippen molar-refractivity contribution in [1.29, 1.82) is 0 Å². The average molecular weight is 286 g/mol. The Balaban J connectivity index is 1.81. The van der Waals surface area contributed by atoms with E-state index in [2.05, 4.69) is 62.2 Å². The topological polar surface area (TPSA) is 15.3 Å². The zero-order valence-electron chi connectivity index (χ0n) is 14.0. The number of fused-ring (bicyclic) bond motifs is 1. The molecular weight excluding hydrogens is 256 g/mol. The van der Waals surface area contributed by atoms with Crippen LogP contribution in [0.4, 0.5) is 0 Å². The molecule has 21 heavy (non-hydrogen) atoms. The summed E-state index contributed by atoms with van der Waals surface area (Å²) < 4.78 is 0. The quantitative estimate of drug-likeness (QED) is 0.917. The lowest BCUT2D eigenvalue weighted by molar-refractivity contribution is 0.0275. The highest BCUT2D eigenvalue weighted by Crippen LogP contribution is 2.31. The lowest BCUT2D eigenvalue weighted by atomic mass is 9.88. The van der Waals surface area contributed by atoms with Gasteiger partial charge in [-0.15, -0.1) is 0 Å². The van der Waals surface area contributed by atoms with E-state index in [1.165, 1.54) is 25.8 Å². The number of nitrogens with one attached hydrogen (secondary N) is 1. The fourth-order valence-electron chi connectivity index (χ4n) is 4.07. The lowest BCUT2D eigenvalue weighted by Gasteiger charge is -2.50. The van der Waals surface area contributed by atoms with E-state index in [1.54, 1.807) is 11.1 Å². The van der Waals surface area contributed by atoms with Crippen molar-refractivity contribution in [2.75, 3.05) is 13.1 Å². The molecule has 1 aliphatic carbocycles. The minimum absolute atomic E-state index is 0.278. The molecular formula is C19H30N2. The summed E-state index contributed by atoms with van der Waals surface area (Å²) in [5, 5.41) is 3.81. The van der Waals surface area contributed by atoms with Gasteiger partial charge in [-0.3, -0.25) is 4.90 Å². The second-order valence-corrected chi connectivity index (χ2v) is 7.61. The third-order valence-corrected chi connectivity index (χ3v) is 5.74. The Hall–Kier alpha value is -0.860. The smallest absolute Gasteiger partial charge is 0.0278 e. The molecule has 1 N–H and O–H groups in total. The van der Waals surface area contributed by atoms with Crippen LogP contribution in [-0.4, -0.2) is 35.6 Å². The normalized spacial score (nSPS) is 30.8. The summed E-state index contributed by atoms with van der Waals surface area (Å²) in [5.41, 5.74) is 3.42. The van der Waals surface area contributed by atoms with Crippen molar-refractivity contribution in [2.24, 2.45) is 5.92 Å². The molecule has 1 heterocycles. The fourth-order valence-corrected chi connectivity index (χ4v) is 4.07. The monoisotopic (exact) mass is 286 g/mol. The number of rotatable bonds is 3. The van der Waals surface area contributed by atoms with Crippen LogP contribution in [0.15, 0.2) is 24.3 Å². The third kappa shape index (κ3) is 2.89. The summed E-state index contributed by atoms with van der Waals surface area (Å²) in [5.74, 6) is 0.711. The van der Waals surface area contributed by atoms with Gasteiger partial charge in [0.1, 0.15) is 0 Å². The summed E-state index contributed by atoms with van der Waals surface area (Å²) in [7, 11) is 0. The van der Waals surface area contributed by atoms with Crippen LogP contribution in [0.3, 0.4) is 0 Å². The van der Waals surface area contributed by atoms with Crippen LogP contribution < -0.4 is 5.32 Å². The molecule has 0 radical (unpaired) electrons. The maximum atomic E-state index is 3.81. The lowest BCUT2D eigenvalue weighted by Crippen LogP contribution is -2.66. The number of hydrogen-bond acceptors (Lipinski definition) is 2. The molecule has 0 bridgehead atoms. The molecule has 1 aliphatic heterocycles. The molecule has 2 aliphatic rings. The molecule has 2 unspecified atom stereocenters. The maximum absolute atomic E-state index is 3.81. The van der Waals surface area contributed by atoms with E-state index in [0.29, 0.717) is 18.0 Å².